The molecule has 0 aromatic heterocycles. The summed E-state index contributed by atoms with van der Waals surface area (Å²) in [5, 5.41) is 13.9. The summed E-state index contributed by atoms with van der Waals surface area (Å²) in [6.07, 6.45) is 2.09. The van der Waals surface area contributed by atoms with Crippen LogP contribution >= 0.6 is 0 Å². The Balaban J connectivity index is 2.49. The Kier molecular flexibility index (Phi) is 6.23. The van der Waals surface area contributed by atoms with Crippen LogP contribution in [0.3, 0.4) is 0 Å². The van der Waals surface area contributed by atoms with E-state index >= 15 is 0 Å². The number of hydrogen-bond acceptors (Lipinski definition) is 5. The smallest absolute Gasteiger partial charge is 0.326 e. The highest BCUT2D eigenvalue weighted by Gasteiger charge is 2.30. The molecule has 8 heteroatoms. The van der Waals surface area contributed by atoms with E-state index in [4.69, 9.17) is 9.84 Å². The standard InChI is InChI=1S/C12H20N2O6/c1-19-9-5-3-4-7(9)13-12(18)14-8(11(16)17)6-10(15)20-2/h7-9H,3-6H2,1-2H3,(H,16,17)(H2,13,14,18)/t7?,8-,9?/m0/s1. The maximum absolute atomic E-state index is 11.8. The van der Waals surface area contributed by atoms with Gasteiger partial charge in [0.25, 0.3) is 0 Å². The predicted octanol–water partition coefficient (Wildman–Crippen LogP) is -0.131. The molecular weight excluding hydrogens is 268 g/mol. The molecule has 0 radical (unpaired) electrons. The average molecular weight is 288 g/mol. The van der Waals surface area contributed by atoms with E-state index in [1.165, 1.54) is 0 Å². The lowest BCUT2D eigenvalue weighted by Gasteiger charge is -2.21. The fourth-order valence-corrected chi connectivity index (χ4v) is 2.19. The second-order valence-corrected chi connectivity index (χ2v) is 4.60. The largest absolute Gasteiger partial charge is 0.480 e. The number of hydrogen-bond donors (Lipinski definition) is 3. The first-order chi connectivity index (χ1) is 9.47. The van der Waals surface area contributed by atoms with E-state index in [2.05, 4.69) is 15.4 Å². The molecule has 2 amide bonds. The SMILES string of the molecule is COC(=O)C[C@H](NC(=O)NC1CCCC1OC)C(=O)O. The van der Waals surface area contributed by atoms with Gasteiger partial charge in [0.2, 0.25) is 0 Å². The molecule has 0 spiro atoms. The van der Waals surface area contributed by atoms with Crippen molar-refractivity contribution in [3.63, 3.8) is 0 Å². The molecule has 0 aromatic rings. The Labute approximate surface area is 116 Å². The van der Waals surface area contributed by atoms with Crippen molar-refractivity contribution in [1.29, 1.82) is 0 Å². The summed E-state index contributed by atoms with van der Waals surface area (Å²) in [4.78, 5) is 33.8. The predicted molar refractivity (Wildman–Crippen MR) is 68.2 cm³/mol. The third-order valence-corrected chi connectivity index (χ3v) is 3.27. The zero-order valence-corrected chi connectivity index (χ0v) is 11.5. The number of carboxylic acids is 1. The van der Waals surface area contributed by atoms with Crippen LogP contribution in [0.25, 0.3) is 0 Å². The van der Waals surface area contributed by atoms with Crippen LogP contribution in [0.2, 0.25) is 0 Å². The number of urea groups is 1. The van der Waals surface area contributed by atoms with Crippen molar-refractivity contribution in [3.05, 3.63) is 0 Å². The molecule has 0 bridgehead atoms. The lowest BCUT2D eigenvalue weighted by Crippen LogP contribution is -2.51. The Morgan fingerprint density at radius 1 is 1.30 bits per heavy atom. The van der Waals surface area contributed by atoms with E-state index in [1.54, 1.807) is 7.11 Å². The van der Waals surface area contributed by atoms with Gasteiger partial charge >= 0.3 is 18.0 Å². The van der Waals surface area contributed by atoms with Gasteiger partial charge < -0.3 is 25.2 Å². The summed E-state index contributed by atoms with van der Waals surface area (Å²) in [5.74, 6) is -1.99. The minimum atomic E-state index is -1.31. The Bertz CT molecular complexity index is 373. The lowest BCUT2D eigenvalue weighted by atomic mass is 10.2. The molecular formula is C12H20N2O6. The molecule has 20 heavy (non-hydrogen) atoms. The summed E-state index contributed by atoms with van der Waals surface area (Å²) in [5.41, 5.74) is 0. The Hall–Kier alpha value is -1.83. The third kappa shape index (κ3) is 4.69. The van der Waals surface area contributed by atoms with Crippen molar-refractivity contribution in [2.24, 2.45) is 0 Å². The van der Waals surface area contributed by atoms with Gasteiger partial charge in [0.15, 0.2) is 0 Å². The molecule has 0 aromatic carbocycles. The molecule has 8 nitrogen and oxygen atoms in total. The lowest BCUT2D eigenvalue weighted by molar-refractivity contribution is -0.147. The normalized spacial score (nSPS) is 22.9. The van der Waals surface area contributed by atoms with E-state index in [0.29, 0.717) is 0 Å². The molecule has 0 saturated heterocycles. The van der Waals surface area contributed by atoms with E-state index < -0.39 is 30.4 Å². The van der Waals surface area contributed by atoms with Crippen molar-refractivity contribution < 1.29 is 29.0 Å². The Morgan fingerprint density at radius 3 is 2.55 bits per heavy atom. The minimum absolute atomic E-state index is 0.0652. The van der Waals surface area contributed by atoms with Crippen LogP contribution < -0.4 is 10.6 Å². The van der Waals surface area contributed by atoms with Crippen molar-refractivity contribution in [3.8, 4) is 0 Å². The van der Waals surface area contributed by atoms with E-state index in [0.717, 1.165) is 26.4 Å². The fourth-order valence-electron chi connectivity index (χ4n) is 2.19. The number of carbonyl (C=O) groups excluding carboxylic acids is 2. The van der Waals surface area contributed by atoms with Crippen molar-refractivity contribution in [2.75, 3.05) is 14.2 Å². The first-order valence-corrected chi connectivity index (χ1v) is 6.37. The van der Waals surface area contributed by atoms with Crippen molar-refractivity contribution in [2.45, 2.75) is 43.9 Å². The number of amides is 2. The highest BCUT2D eigenvalue weighted by atomic mass is 16.5. The number of ether oxygens (including phenoxy) is 2. The van der Waals surface area contributed by atoms with Crippen molar-refractivity contribution in [1.82, 2.24) is 10.6 Å². The quantitative estimate of drug-likeness (QED) is 0.587. The third-order valence-electron chi connectivity index (χ3n) is 3.27. The van der Waals surface area contributed by atoms with Gasteiger partial charge in [-0.25, -0.2) is 9.59 Å². The van der Waals surface area contributed by atoms with Gasteiger partial charge in [-0.2, -0.15) is 0 Å². The first kappa shape index (κ1) is 16.2. The van der Waals surface area contributed by atoms with E-state index in [1.807, 2.05) is 0 Å². The number of esters is 1. The van der Waals surface area contributed by atoms with Crippen LogP contribution in [0.1, 0.15) is 25.7 Å². The summed E-state index contributed by atoms with van der Waals surface area (Å²) in [7, 11) is 2.73. The number of nitrogens with one attached hydrogen (secondary N) is 2. The summed E-state index contributed by atoms with van der Waals surface area (Å²) >= 11 is 0. The van der Waals surface area contributed by atoms with Gasteiger partial charge in [-0.1, -0.05) is 0 Å². The molecule has 1 saturated carbocycles. The van der Waals surface area contributed by atoms with Crippen LogP contribution in [0, 0.1) is 0 Å². The van der Waals surface area contributed by atoms with Crippen LogP contribution in [0.4, 0.5) is 4.79 Å². The average Bonchev–Trinajstić information content (AvgIpc) is 2.84. The number of aliphatic carboxylic acids is 1. The van der Waals surface area contributed by atoms with Gasteiger partial charge in [0, 0.05) is 7.11 Å². The number of methoxy groups -OCH3 is 2. The number of carboxylic acid groups (broad SMARTS) is 1. The van der Waals surface area contributed by atoms with Crippen LogP contribution in [-0.4, -0.2) is 55.5 Å². The van der Waals surface area contributed by atoms with Crippen molar-refractivity contribution >= 4 is 18.0 Å². The van der Waals surface area contributed by atoms with Crippen LogP contribution in [-0.2, 0) is 19.1 Å². The molecule has 114 valence electrons. The molecule has 0 aliphatic heterocycles. The highest BCUT2D eigenvalue weighted by Crippen LogP contribution is 2.21. The first-order valence-electron chi connectivity index (χ1n) is 6.37. The molecule has 1 aliphatic carbocycles. The van der Waals surface area contributed by atoms with E-state index in [9.17, 15) is 14.4 Å². The fraction of sp³-hybridized carbons (Fsp3) is 0.750. The Morgan fingerprint density at radius 2 is 2.00 bits per heavy atom. The van der Waals surface area contributed by atoms with Gasteiger partial charge in [0.05, 0.1) is 25.7 Å². The second kappa shape index (κ2) is 7.68. The maximum atomic E-state index is 11.8. The summed E-state index contributed by atoms with van der Waals surface area (Å²) < 4.78 is 9.61. The van der Waals surface area contributed by atoms with Gasteiger partial charge in [-0.15, -0.1) is 0 Å². The number of carbonyl (C=O) groups is 3. The van der Waals surface area contributed by atoms with Gasteiger partial charge in [-0.3, -0.25) is 4.79 Å². The molecule has 1 rings (SSSR count). The monoisotopic (exact) mass is 288 g/mol. The minimum Gasteiger partial charge on any atom is -0.480 e. The van der Waals surface area contributed by atoms with Crippen LogP contribution in [0.15, 0.2) is 0 Å². The molecule has 1 fully saturated rings. The highest BCUT2D eigenvalue weighted by molar-refractivity contribution is 5.86. The van der Waals surface area contributed by atoms with Gasteiger partial charge in [-0.05, 0) is 19.3 Å². The maximum Gasteiger partial charge on any atom is 0.326 e. The summed E-state index contributed by atoms with van der Waals surface area (Å²) in [6, 6.07) is -2.09. The summed E-state index contributed by atoms with van der Waals surface area (Å²) in [6.45, 7) is 0. The number of rotatable bonds is 6. The second-order valence-electron chi connectivity index (χ2n) is 4.60. The molecule has 3 N–H and O–H groups in total. The molecule has 1 aliphatic rings. The van der Waals surface area contributed by atoms with E-state index in [-0.39, 0.29) is 12.1 Å². The molecule has 2 unspecified atom stereocenters. The zero-order valence-electron chi connectivity index (χ0n) is 11.5. The van der Waals surface area contributed by atoms with Crippen LogP contribution in [0.5, 0.6) is 0 Å². The topological polar surface area (TPSA) is 114 Å². The zero-order chi connectivity index (χ0) is 15.1. The molecule has 0 heterocycles. The van der Waals surface area contributed by atoms with Gasteiger partial charge in [0.1, 0.15) is 6.04 Å². The molecule has 3 atom stereocenters.